The van der Waals surface area contributed by atoms with Crippen LogP contribution in [0.2, 0.25) is 0 Å². The molecule has 5 aromatic carbocycles. The van der Waals surface area contributed by atoms with Gasteiger partial charge in [0.25, 0.3) is 0 Å². The normalized spacial score (nSPS) is 11.7. The number of aromatic nitrogens is 4. The average molecular weight is 629 g/mol. The smallest absolute Gasteiger partial charge is 0.138 e. The molecule has 5 aromatic heterocycles. The van der Waals surface area contributed by atoms with Gasteiger partial charge in [0.2, 0.25) is 0 Å². The fourth-order valence-electron chi connectivity index (χ4n) is 7.33. The van der Waals surface area contributed by atoms with E-state index in [1.165, 1.54) is 27.2 Å². The SMILES string of the molecule is c1ccc(-n2c3ccccc3c3cc(-c4cocc4-c4ccc5c(c4)c4ccccc4n5-c4cccc(-c5ccccn5)n4)ccc32)cc1. The summed E-state index contributed by atoms with van der Waals surface area (Å²) in [4.78, 5) is 9.60. The molecule has 5 heterocycles. The second-order valence-electron chi connectivity index (χ2n) is 12.3. The van der Waals surface area contributed by atoms with Gasteiger partial charge in [-0.1, -0.05) is 78.9 Å². The van der Waals surface area contributed by atoms with Crippen LogP contribution in [0.4, 0.5) is 0 Å². The molecule has 0 saturated heterocycles. The third-order valence-electron chi connectivity index (χ3n) is 9.53. The first kappa shape index (κ1) is 27.4. The van der Waals surface area contributed by atoms with Crippen LogP contribution < -0.4 is 0 Å². The Labute approximate surface area is 282 Å². The van der Waals surface area contributed by atoms with Crippen LogP contribution in [-0.2, 0) is 0 Å². The van der Waals surface area contributed by atoms with Crippen LogP contribution in [0.25, 0.3) is 88.8 Å². The minimum atomic E-state index is 0.840. The first-order valence-corrected chi connectivity index (χ1v) is 16.4. The van der Waals surface area contributed by atoms with Crippen molar-refractivity contribution in [3.63, 3.8) is 0 Å². The van der Waals surface area contributed by atoms with E-state index in [-0.39, 0.29) is 0 Å². The lowest BCUT2D eigenvalue weighted by molar-refractivity contribution is 0.569. The zero-order chi connectivity index (χ0) is 32.3. The number of fused-ring (bicyclic) bond motifs is 6. The number of hydrogen-bond donors (Lipinski definition) is 0. The fourth-order valence-corrected chi connectivity index (χ4v) is 7.33. The Morgan fingerprint density at radius 1 is 0.429 bits per heavy atom. The average Bonchev–Trinajstić information content (AvgIpc) is 3.88. The molecular weight excluding hydrogens is 601 g/mol. The van der Waals surface area contributed by atoms with E-state index in [1.54, 1.807) is 6.20 Å². The van der Waals surface area contributed by atoms with Gasteiger partial charge in [-0.3, -0.25) is 9.55 Å². The molecule has 0 saturated carbocycles. The summed E-state index contributed by atoms with van der Waals surface area (Å²) in [6, 6.07) is 53.2. The van der Waals surface area contributed by atoms with Gasteiger partial charge in [-0.15, -0.1) is 0 Å². The fraction of sp³-hybridized carbons (Fsp3) is 0. The molecule has 0 aliphatic carbocycles. The van der Waals surface area contributed by atoms with Crippen LogP contribution in [0.5, 0.6) is 0 Å². The van der Waals surface area contributed by atoms with Crippen molar-refractivity contribution >= 4 is 43.6 Å². The second-order valence-corrected chi connectivity index (χ2v) is 12.3. The van der Waals surface area contributed by atoms with E-state index in [4.69, 9.17) is 9.40 Å². The summed E-state index contributed by atoms with van der Waals surface area (Å²) < 4.78 is 10.5. The Balaban J connectivity index is 1.12. The van der Waals surface area contributed by atoms with Crippen molar-refractivity contribution in [1.82, 2.24) is 19.1 Å². The molecule has 10 aromatic rings. The maximum absolute atomic E-state index is 5.93. The Morgan fingerprint density at radius 2 is 1.00 bits per heavy atom. The monoisotopic (exact) mass is 628 g/mol. The highest BCUT2D eigenvalue weighted by atomic mass is 16.3. The highest BCUT2D eigenvalue weighted by Crippen LogP contribution is 2.41. The number of benzene rings is 5. The van der Waals surface area contributed by atoms with Crippen molar-refractivity contribution < 1.29 is 4.42 Å². The molecule has 0 radical (unpaired) electrons. The maximum atomic E-state index is 5.93. The van der Waals surface area contributed by atoms with Gasteiger partial charge < -0.3 is 8.98 Å². The summed E-state index contributed by atoms with van der Waals surface area (Å²) in [6.45, 7) is 0. The molecule has 0 aliphatic rings. The van der Waals surface area contributed by atoms with Crippen LogP contribution >= 0.6 is 0 Å². The predicted octanol–water partition coefficient (Wildman–Crippen LogP) is 11.3. The van der Waals surface area contributed by atoms with Crippen molar-refractivity contribution in [2.24, 2.45) is 0 Å². The summed E-state index contributed by atoms with van der Waals surface area (Å²) >= 11 is 0. The van der Waals surface area contributed by atoms with Gasteiger partial charge in [0.1, 0.15) is 5.82 Å². The van der Waals surface area contributed by atoms with Crippen molar-refractivity contribution in [3.05, 3.63) is 170 Å². The lowest BCUT2D eigenvalue weighted by atomic mass is 9.96. The lowest BCUT2D eigenvalue weighted by Crippen LogP contribution is -1.98. The van der Waals surface area contributed by atoms with Gasteiger partial charge in [0.05, 0.1) is 46.0 Å². The number of nitrogens with zero attached hydrogens (tertiary/aromatic N) is 4. The second kappa shape index (κ2) is 10.9. The van der Waals surface area contributed by atoms with E-state index in [9.17, 15) is 0 Å². The van der Waals surface area contributed by atoms with E-state index in [0.717, 1.165) is 61.6 Å². The summed E-state index contributed by atoms with van der Waals surface area (Å²) in [5, 5.41) is 4.77. The van der Waals surface area contributed by atoms with Gasteiger partial charge in [0.15, 0.2) is 0 Å². The third kappa shape index (κ3) is 4.33. The zero-order valence-corrected chi connectivity index (χ0v) is 26.4. The number of hydrogen-bond acceptors (Lipinski definition) is 3. The van der Waals surface area contributed by atoms with Crippen molar-refractivity contribution in [1.29, 1.82) is 0 Å². The van der Waals surface area contributed by atoms with Gasteiger partial charge in [-0.25, -0.2) is 4.98 Å². The number of para-hydroxylation sites is 3. The minimum Gasteiger partial charge on any atom is -0.471 e. The molecule has 5 nitrogen and oxygen atoms in total. The Kier molecular flexibility index (Phi) is 6.11. The molecule has 5 heteroatoms. The Hall–Kier alpha value is -6.72. The summed E-state index contributed by atoms with van der Waals surface area (Å²) in [5.74, 6) is 0.856. The lowest BCUT2D eigenvalue weighted by Gasteiger charge is -2.10. The quantitative estimate of drug-likeness (QED) is 0.191. The zero-order valence-electron chi connectivity index (χ0n) is 26.4. The standard InChI is InChI=1S/C44H28N4O/c1-2-11-31(12-3-1)47-40-17-6-4-13-32(40)34-25-29(20-22-42(34)47)36-27-49-28-37(36)30-21-23-43-35(26-30)33-14-5-7-18-41(33)48(43)44-19-10-16-39(46-44)38-15-8-9-24-45-38/h1-28H. The highest BCUT2D eigenvalue weighted by molar-refractivity contribution is 6.12. The Bertz CT molecular complexity index is 2830. The van der Waals surface area contributed by atoms with Gasteiger partial charge in [-0.05, 0) is 83.9 Å². The summed E-state index contributed by atoms with van der Waals surface area (Å²) in [6.07, 6.45) is 5.54. The first-order chi connectivity index (χ1) is 24.3. The molecule has 0 aliphatic heterocycles. The number of furan rings is 1. The van der Waals surface area contributed by atoms with E-state index in [1.807, 2.05) is 42.9 Å². The molecule has 0 atom stereocenters. The molecule has 10 rings (SSSR count). The Morgan fingerprint density at radius 3 is 1.67 bits per heavy atom. The molecule has 230 valence electrons. The first-order valence-electron chi connectivity index (χ1n) is 16.4. The predicted molar refractivity (Wildman–Crippen MR) is 199 cm³/mol. The van der Waals surface area contributed by atoms with Crippen LogP contribution in [0.3, 0.4) is 0 Å². The topological polar surface area (TPSA) is 48.8 Å². The molecule has 49 heavy (non-hydrogen) atoms. The van der Waals surface area contributed by atoms with E-state index >= 15 is 0 Å². The van der Waals surface area contributed by atoms with Crippen molar-refractivity contribution in [2.45, 2.75) is 0 Å². The van der Waals surface area contributed by atoms with Crippen molar-refractivity contribution in [3.8, 4) is 45.1 Å². The number of rotatable bonds is 5. The molecule has 0 amide bonds. The van der Waals surface area contributed by atoms with Crippen LogP contribution in [0.15, 0.2) is 175 Å². The van der Waals surface area contributed by atoms with E-state index in [2.05, 4.69) is 135 Å². The van der Waals surface area contributed by atoms with Gasteiger partial charge >= 0.3 is 0 Å². The molecule has 0 N–H and O–H groups in total. The van der Waals surface area contributed by atoms with Gasteiger partial charge in [0, 0.05) is 44.6 Å². The van der Waals surface area contributed by atoms with E-state index < -0.39 is 0 Å². The summed E-state index contributed by atoms with van der Waals surface area (Å²) in [5.41, 5.74) is 11.7. The van der Waals surface area contributed by atoms with Crippen LogP contribution in [0, 0.1) is 0 Å². The summed E-state index contributed by atoms with van der Waals surface area (Å²) in [7, 11) is 0. The molecule has 0 fully saturated rings. The minimum absolute atomic E-state index is 0.840. The third-order valence-corrected chi connectivity index (χ3v) is 9.53. The largest absolute Gasteiger partial charge is 0.471 e. The van der Waals surface area contributed by atoms with Crippen LogP contribution in [-0.4, -0.2) is 19.1 Å². The number of pyridine rings is 2. The molecule has 0 bridgehead atoms. The highest BCUT2D eigenvalue weighted by Gasteiger charge is 2.18. The van der Waals surface area contributed by atoms with E-state index in [0.29, 0.717) is 0 Å². The van der Waals surface area contributed by atoms with Gasteiger partial charge in [-0.2, -0.15) is 0 Å². The van der Waals surface area contributed by atoms with Crippen molar-refractivity contribution in [2.75, 3.05) is 0 Å². The van der Waals surface area contributed by atoms with Crippen LogP contribution in [0.1, 0.15) is 0 Å². The maximum Gasteiger partial charge on any atom is 0.138 e. The molecule has 0 spiro atoms. The molecule has 0 unspecified atom stereocenters. The molecular formula is C44H28N4O.